The van der Waals surface area contributed by atoms with E-state index in [2.05, 4.69) is 5.32 Å². The van der Waals surface area contributed by atoms with Gasteiger partial charge in [-0.05, 0) is 29.9 Å². The van der Waals surface area contributed by atoms with E-state index in [9.17, 15) is 13.6 Å². The van der Waals surface area contributed by atoms with E-state index in [1.165, 1.54) is 12.1 Å². The molecule has 1 aliphatic rings. The van der Waals surface area contributed by atoms with Crippen molar-refractivity contribution in [1.82, 2.24) is 5.32 Å². The Labute approximate surface area is 110 Å². The van der Waals surface area contributed by atoms with Gasteiger partial charge >= 0.3 is 0 Å². The summed E-state index contributed by atoms with van der Waals surface area (Å²) in [4.78, 5) is 11.8. The predicted octanol–water partition coefficient (Wildman–Crippen LogP) is 1.81. The molecule has 1 fully saturated rings. The summed E-state index contributed by atoms with van der Waals surface area (Å²) in [7, 11) is 0. The Morgan fingerprint density at radius 1 is 1.53 bits per heavy atom. The van der Waals surface area contributed by atoms with Crippen molar-refractivity contribution < 1.29 is 18.7 Å². The van der Waals surface area contributed by atoms with E-state index < -0.39 is 11.6 Å². The van der Waals surface area contributed by atoms with Crippen LogP contribution in [0.2, 0.25) is 0 Å². The number of carbonyl (C=O) groups excluding carboxylic acids is 1. The summed E-state index contributed by atoms with van der Waals surface area (Å²) in [6.07, 6.45) is 0.585. The summed E-state index contributed by atoms with van der Waals surface area (Å²) < 4.78 is 26.3. The number of halogens is 2. The second-order valence-corrected chi connectivity index (χ2v) is 5.15. The van der Waals surface area contributed by atoms with Gasteiger partial charge in [0.25, 0.3) is 0 Å². The molecular formula is C14H17F2NO2. The molecule has 3 nitrogen and oxygen atoms in total. The minimum absolute atomic E-state index is 0.00343. The Kier molecular flexibility index (Phi) is 4.14. The standard InChI is InChI=1S/C14H17F2NO2/c1-8(7-18)6-17-14(19)12-5-11(12)10-3-2-9(15)4-13(10)16/h2-4,8,11-12,18H,5-7H2,1H3,(H,17,19). The van der Waals surface area contributed by atoms with Gasteiger partial charge in [-0.3, -0.25) is 4.79 Å². The third kappa shape index (κ3) is 3.29. The summed E-state index contributed by atoms with van der Waals surface area (Å²) in [5.41, 5.74) is 0.400. The number of hydrogen-bond acceptors (Lipinski definition) is 2. The van der Waals surface area contributed by atoms with Crippen LogP contribution in [0.4, 0.5) is 8.78 Å². The molecule has 1 aliphatic carbocycles. The summed E-state index contributed by atoms with van der Waals surface area (Å²) in [6, 6.07) is 3.45. The van der Waals surface area contributed by atoms with Crippen LogP contribution >= 0.6 is 0 Å². The lowest BCUT2D eigenvalue weighted by molar-refractivity contribution is -0.122. The largest absolute Gasteiger partial charge is 0.396 e. The first-order valence-corrected chi connectivity index (χ1v) is 6.36. The van der Waals surface area contributed by atoms with Crippen molar-refractivity contribution >= 4 is 5.91 Å². The maximum atomic E-state index is 13.5. The molecular weight excluding hydrogens is 252 g/mol. The van der Waals surface area contributed by atoms with Crippen molar-refractivity contribution in [2.24, 2.45) is 11.8 Å². The molecule has 0 aliphatic heterocycles. The molecule has 1 saturated carbocycles. The fraction of sp³-hybridized carbons (Fsp3) is 0.500. The van der Waals surface area contributed by atoms with Crippen molar-refractivity contribution in [2.75, 3.05) is 13.2 Å². The molecule has 0 aromatic heterocycles. The van der Waals surface area contributed by atoms with Gasteiger partial charge in [-0.15, -0.1) is 0 Å². The zero-order chi connectivity index (χ0) is 14.0. The van der Waals surface area contributed by atoms with E-state index in [1.54, 1.807) is 0 Å². The molecule has 2 N–H and O–H groups in total. The van der Waals surface area contributed by atoms with Gasteiger partial charge in [0.1, 0.15) is 11.6 Å². The zero-order valence-electron chi connectivity index (χ0n) is 10.7. The van der Waals surface area contributed by atoms with Crippen molar-refractivity contribution in [3.8, 4) is 0 Å². The summed E-state index contributed by atoms with van der Waals surface area (Å²) in [6.45, 7) is 2.25. The highest BCUT2D eigenvalue weighted by Crippen LogP contribution is 2.48. The van der Waals surface area contributed by atoms with Crippen LogP contribution in [0, 0.1) is 23.5 Å². The van der Waals surface area contributed by atoms with Crippen LogP contribution in [0.5, 0.6) is 0 Å². The van der Waals surface area contributed by atoms with Crippen LogP contribution in [0.25, 0.3) is 0 Å². The third-order valence-electron chi connectivity index (χ3n) is 3.43. The molecule has 3 atom stereocenters. The highest BCUT2D eigenvalue weighted by molar-refractivity contribution is 5.82. The van der Waals surface area contributed by atoms with E-state index in [1.807, 2.05) is 6.92 Å². The van der Waals surface area contributed by atoms with Gasteiger partial charge in [0, 0.05) is 25.1 Å². The second-order valence-electron chi connectivity index (χ2n) is 5.15. The quantitative estimate of drug-likeness (QED) is 0.856. The molecule has 1 aromatic rings. The average Bonchev–Trinajstić information content (AvgIpc) is 3.15. The molecule has 5 heteroatoms. The number of amides is 1. The van der Waals surface area contributed by atoms with Gasteiger partial charge in [0.2, 0.25) is 5.91 Å². The van der Waals surface area contributed by atoms with Crippen LogP contribution in [0.1, 0.15) is 24.8 Å². The number of aliphatic hydroxyl groups excluding tert-OH is 1. The van der Waals surface area contributed by atoms with E-state index in [0.29, 0.717) is 18.5 Å². The number of carbonyl (C=O) groups is 1. The van der Waals surface area contributed by atoms with Gasteiger partial charge in [0.05, 0.1) is 0 Å². The highest BCUT2D eigenvalue weighted by atomic mass is 19.1. The number of hydrogen-bond donors (Lipinski definition) is 2. The summed E-state index contributed by atoms with van der Waals surface area (Å²) in [5, 5.41) is 11.6. The molecule has 1 amide bonds. The monoisotopic (exact) mass is 269 g/mol. The minimum atomic E-state index is -0.611. The molecule has 3 unspecified atom stereocenters. The van der Waals surface area contributed by atoms with Gasteiger partial charge in [-0.25, -0.2) is 8.78 Å². The smallest absolute Gasteiger partial charge is 0.223 e. The Bertz CT molecular complexity index is 479. The van der Waals surface area contributed by atoms with Crippen molar-refractivity contribution in [3.05, 3.63) is 35.4 Å². The average molecular weight is 269 g/mol. The number of rotatable bonds is 5. The Morgan fingerprint density at radius 2 is 2.26 bits per heavy atom. The molecule has 1 aromatic carbocycles. The number of nitrogens with one attached hydrogen (secondary N) is 1. The van der Waals surface area contributed by atoms with Crippen LogP contribution in [0.3, 0.4) is 0 Å². The van der Waals surface area contributed by atoms with E-state index in [0.717, 1.165) is 6.07 Å². The van der Waals surface area contributed by atoms with Crippen LogP contribution in [-0.4, -0.2) is 24.2 Å². The predicted molar refractivity (Wildman–Crippen MR) is 66.5 cm³/mol. The van der Waals surface area contributed by atoms with Crippen molar-refractivity contribution in [2.45, 2.75) is 19.3 Å². The van der Waals surface area contributed by atoms with Crippen molar-refractivity contribution in [1.29, 1.82) is 0 Å². The fourth-order valence-corrected chi connectivity index (χ4v) is 2.10. The van der Waals surface area contributed by atoms with Crippen molar-refractivity contribution in [3.63, 3.8) is 0 Å². The Hall–Kier alpha value is -1.49. The highest BCUT2D eigenvalue weighted by Gasteiger charge is 2.45. The SMILES string of the molecule is CC(CO)CNC(=O)C1CC1c1ccc(F)cc1F. The summed E-state index contributed by atoms with van der Waals surface area (Å²) >= 11 is 0. The number of aliphatic hydroxyl groups is 1. The molecule has 0 saturated heterocycles. The molecule has 0 radical (unpaired) electrons. The number of benzene rings is 1. The van der Waals surface area contributed by atoms with E-state index in [4.69, 9.17) is 5.11 Å². The second kappa shape index (κ2) is 5.65. The van der Waals surface area contributed by atoms with Gasteiger partial charge < -0.3 is 10.4 Å². The van der Waals surface area contributed by atoms with Crippen LogP contribution in [0.15, 0.2) is 18.2 Å². The van der Waals surface area contributed by atoms with E-state index >= 15 is 0 Å². The topological polar surface area (TPSA) is 49.3 Å². The third-order valence-corrected chi connectivity index (χ3v) is 3.43. The Balaban J connectivity index is 1.91. The molecule has 0 heterocycles. The molecule has 19 heavy (non-hydrogen) atoms. The maximum absolute atomic E-state index is 13.5. The fourth-order valence-electron chi connectivity index (χ4n) is 2.10. The Morgan fingerprint density at radius 3 is 2.89 bits per heavy atom. The van der Waals surface area contributed by atoms with Crippen LogP contribution < -0.4 is 5.32 Å². The van der Waals surface area contributed by atoms with Gasteiger partial charge in [-0.1, -0.05) is 13.0 Å². The van der Waals surface area contributed by atoms with Gasteiger partial charge in [0.15, 0.2) is 0 Å². The first-order chi connectivity index (χ1) is 9.02. The van der Waals surface area contributed by atoms with E-state index in [-0.39, 0.29) is 30.3 Å². The summed E-state index contributed by atoms with van der Waals surface area (Å²) in [5.74, 6) is -1.74. The van der Waals surface area contributed by atoms with Crippen LogP contribution in [-0.2, 0) is 4.79 Å². The normalized spacial score (nSPS) is 22.9. The maximum Gasteiger partial charge on any atom is 0.223 e. The first kappa shape index (κ1) is 13.9. The lowest BCUT2D eigenvalue weighted by Gasteiger charge is -2.09. The molecule has 0 spiro atoms. The van der Waals surface area contributed by atoms with Gasteiger partial charge in [-0.2, -0.15) is 0 Å². The lowest BCUT2D eigenvalue weighted by Crippen LogP contribution is -2.31. The zero-order valence-corrected chi connectivity index (χ0v) is 10.7. The molecule has 0 bridgehead atoms. The lowest BCUT2D eigenvalue weighted by atomic mass is 10.1. The molecule has 104 valence electrons. The first-order valence-electron chi connectivity index (χ1n) is 6.36. The minimum Gasteiger partial charge on any atom is -0.396 e. The molecule has 2 rings (SSSR count).